The van der Waals surface area contributed by atoms with Crippen LogP contribution in [0.5, 0.6) is 0 Å². The SMILES string of the molecule is CCCCCCCCCCCCCCCCCC(=O)OCCOCCOCCOCCOCCOCCOCCOCCOCCCCCCCl. The van der Waals surface area contributed by atoms with E-state index in [0.717, 1.165) is 38.2 Å². The van der Waals surface area contributed by atoms with E-state index in [1.54, 1.807) is 0 Å². The second-order valence-corrected chi connectivity index (χ2v) is 13.3. The van der Waals surface area contributed by atoms with Crippen LogP contribution in [0.15, 0.2) is 0 Å². The van der Waals surface area contributed by atoms with Gasteiger partial charge < -0.3 is 42.6 Å². The minimum Gasteiger partial charge on any atom is -0.463 e. The van der Waals surface area contributed by atoms with Crippen LogP contribution < -0.4 is 0 Å². The minimum absolute atomic E-state index is 0.126. The van der Waals surface area contributed by atoms with Crippen LogP contribution in [0.2, 0.25) is 0 Å². The molecule has 0 radical (unpaired) electrons. The maximum atomic E-state index is 11.9. The molecule has 0 atom stereocenters. The van der Waals surface area contributed by atoms with Gasteiger partial charge in [-0.05, 0) is 19.3 Å². The maximum Gasteiger partial charge on any atom is 0.305 e. The van der Waals surface area contributed by atoms with E-state index in [-0.39, 0.29) is 5.97 Å². The number of hydrogen-bond donors (Lipinski definition) is 0. The minimum atomic E-state index is -0.126. The third-order valence-corrected chi connectivity index (χ3v) is 8.52. The molecule has 51 heavy (non-hydrogen) atoms. The topological polar surface area (TPSA) is 100 Å². The number of carbonyl (C=O) groups is 1. The molecule has 0 aromatic rings. The number of halogens is 1. The van der Waals surface area contributed by atoms with Gasteiger partial charge in [0.05, 0.1) is 99.1 Å². The molecule has 10 nitrogen and oxygen atoms in total. The van der Waals surface area contributed by atoms with Crippen LogP contribution in [0.25, 0.3) is 0 Å². The zero-order valence-corrected chi connectivity index (χ0v) is 33.6. The fourth-order valence-corrected chi connectivity index (χ4v) is 5.41. The first kappa shape index (κ1) is 50.4. The van der Waals surface area contributed by atoms with Crippen molar-refractivity contribution in [1.82, 2.24) is 0 Å². The fraction of sp³-hybridized carbons (Fsp3) is 0.975. The molecule has 0 saturated carbocycles. The van der Waals surface area contributed by atoms with Gasteiger partial charge in [0.2, 0.25) is 0 Å². The van der Waals surface area contributed by atoms with Crippen molar-refractivity contribution in [3.05, 3.63) is 0 Å². The predicted molar refractivity (Wildman–Crippen MR) is 206 cm³/mol. The first-order chi connectivity index (χ1) is 25.3. The smallest absolute Gasteiger partial charge is 0.305 e. The molecule has 0 saturated heterocycles. The van der Waals surface area contributed by atoms with Crippen molar-refractivity contribution in [1.29, 1.82) is 0 Å². The van der Waals surface area contributed by atoms with Crippen molar-refractivity contribution in [3.8, 4) is 0 Å². The van der Waals surface area contributed by atoms with Crippen molar-refractivity contribution in [2.24, 2.45) is 0 Å². The molecule has 0 aliphatic rings. The third-order valence-electron chi connectivity index (χ3n) is 8.25. The van der Waals surface area contributed by atoms with Gasteiger partial charge in [0, 0.05) is 18.9 Å². The van der Waals surface area contributed by atoms with E-state index in [1.165, 1.54) is 96.3 Å². The Morgan fingerprint density at radius 2 is 0.608 bits per heavy atom. The van der Waals surface area contributed by atoms with Gasteiger partial charge in [0.15, 0.2) is 0 Å². The van der Waals surface area contributed by atoms with E-state index >= 15 is 0 Å². The second kappa shape index (κ2) is 47.5. The average molecular weight is 756 g/mol. The molecule has 0 aromatic carbocycles. The van der Waals surface area contributed by atoms with Gasteiger partial charge >= 0.3 is 5.97 Å². The zero-order valence-electron chi connectivity index (χ0n) is 32.8. The van der Waals surface area contributed by atoms with Crippen molar-refractivity contribution < 1.29 is 47.4 Å². The van der Waals surface area contributed by atoms with Crippen LogP contribution in [0, 0.1) is 0 Å². The molecule has 306 valence electrons. The van der Waals surface area contributed by atoms with Crippen molar-refractivity contribution >= 4 is 17.6 Å². The zero-order chi connectivity index (χ0) is 36.8. The number of rotatable bonds is 46. The van der Waals surface area contributed by atoms with Crippen LogP contribution >= 0.6 is 11.6 Å². The number of alkyl halides is 1. The number of esters is 1. The van der Waals surface area contributed by atoms with Gasteiger partial charge in [-0.3, -0.25) is 4.79 Å². The monoisotopic (exact) mass is 755 g/mol. The molecule has 0 fully saturated rings. The third kappa shape index (κ3) is 47.4. The van der Waals surface area contributed by atoms with E-state index in [2.05, 4.69) is 6.92 Å². The molecule has 0 aliphatic carbocycles. The number of unbranched alkanes of at least 4 members (excludes halogenated alkanes) is 17. The lowest BCUT2D eigenvalue weighted by Gasteiger charge is -2.09. The van der Waals surface area contributed by atoms with Crippen LogP contribution in [-0.2, 0) is 47.4 Å². The summed E-state index contributed by atoms with van der Waals surface area (Å²) in [6.07, 6.45) is 24.8. The summed E-state index contributed by atoms with van der Waals surface area (Å²) >= 11 is 5.66. The number of ether oxygens (including phenoxy) is 9. The highest BCUT2D eigenvalue weighted by Gasteiger charge is 2.03. The standard InChI is InChI=1S/C40H79ClO10/c1-2-3-4-5-6-7-8-9-10-11-12-13-14-15-18-21-40(42)51-39-38-50-37-36-49-35-34-48-33-32-47-31-30-46-29-28-45-27-26-44-25-24-43-23-20-17-16-19-22-41/h2-39H2,1H3. The second-order valence-electron chi connectivity index (χ2n) is 12.9. The first-order valence-electron chi connectivity index (χ1n) is 20.6. The Bertz CT molecular complexity index is 646. The molecule has 11 heteroatoms. The van der Waals surface area contributed by atoms with Gasteiger partial charge in [-0.15, -0.1) is 11.6 Å². The summed E-state index contributed by atoms with van der Waals surface area (Å²) in [5.74, 6) is 0.618. The number of hydrogen-bond acceptors (Lipinski definition) is 10. The average Bonchev–Trinajstić information content (AvgIpc) is 3.14. The lowest BCUT2D eigenvalue weighted by molar-refractivity contribution is -0.145. The Morgan fingerprint density at radius 3 is 0.961 bits per heavy atom. The highest BCUT2D eigenvalue weighted by molar-refractivity contribution is 6.17. The molecule has 0 aliphatic heterocycles. The van der Waals surface area contributed by atoms with E-state index in [4.69, 9.17) is 54.2 Å². The molecular weight excluding hydrogens is 676 g/mol. The Kier molecular flexibility index (Phi) is 46.9. The van der Waals surface area contributed by atoms with Crippen molar-refractivity contribution in [2.45, 2.75) is 135 Å². The Hall–Kier alpha value is -0.560. The number of carbonyl (C=O) groups excluding carboxylic acids is 1. The summed E-state index contributed by atoms with van der Waals surface area (Å²) in [4.78, 5) is 11.9. The largest absolute Gasteiger partial charge is 0.463 e. The van der Waals surface area contributed by atoms with Gasteiger partial charge in [-0.1, -0.05) is 110 Å². The van der Waals surface area contributed by atoms with E-state index < -0.39 is 0 Å². The summed E-state index contributed by atoms with van der Waals surface area (Å²) in [6.45, 7) is 11.1. The van der Waals surface area contributed by atoms with Crippen LogP contribution in [0.3, 0.4) is 0 Å². The van der Waals surface area contributed by atoms with Crippen LogP contribution in [0.1, 0.15) is 135 Å². The maximum absolute atomic E-state index is 11.9. The summed E-state index contributed by atoms with van der Waals surface area (Å²) in [5.41, 5.74) is 0. The van der Waals surface area contributed by atoms with E-state index in [0.29, 0.717) is 112 Å². The highest BCUT2D eigenvalue weighted by atomic mass is 35.5. The lowest BCUT2D eigenvalue weighted by Crippen LogP contribution is -2.15. The summed E-state index contributed by atoms with van der Waals surface area (Å²) in [6, 6.07) is 0. The quantitative estimate of drug-likeness (QED) is 0.0341. The summed E-state index contributed by atoms with van der Waals surface area (Å²) < 4.78 is 49.2. The molecular formula is C40H79ClO10. The predicted octanol–water partition coefficient (Wildman–Crippen LogP) is 8.72. The Morgan fingerprint density at radius 1 is 0.333 bits per heavy atom. The summed E-state index contributed by atoms with van der Waals surface area (Å²) in [7, 11) is 0. The molecule has 0 spiro atoms. The van der Waals surface area contributed by atoms with E-state index in [1.807, 2.05) is 0 Å². The lowest BCUT2D eigenvalue weighted by atomic mass is 10.0. The van der Waals surface area contributed by atoms with Gasteiger partial charge in [-0.2, -0.15) is 0 Å². The van der Waals surface area contributed by atoms with Gasteiger partial charge in [0.25, 0.3) is 0 Å². The molecule has 0 rings (SSSR count). The fourth-order valence-electron chi connectivity index (χ4n) is 5.22. The normalized spacial score (nSPS) is 11.5. The first-order valence-corrected chi connectivity index (χ1v) is 21.2. The molecule has 0 N–H and O–H groups in total. The van der Waals surface area contributed by atoms with Gasteiger partial charge in [0.1, 0.15) is 6.61 Å². The van der Waals surface area contributed by atoms with Crippen molar-refractivity contribution in [3.63, 3.8) is 0 Å². The Labute approximate surface area is 317 Å². The van der Waals surface area contributed by atoms with Crippen molar-refractivity contribution in [2.75, 3.05) is 118 Å². The molecule has 0 unspecified atom stereocenters. The van der Waals surface area contributed by atoms with Gasteiger partial charge in [-0.25, -0.2) is 0 Å². The summed E-state index contributed by atoms with van der Waals surface area (Å²) in [5, 5.41) is 0. The molecule has 0 amide bonds. The Balaban J connectivity index is 3.13. The van der Waals surface area contributed by atoms with E-state index in [9.17, 15) is 4.79 Å². The molecule has 0 heterocycles. The highest BCUT2D eigenvalue weighted by Crippen LogP contribution is 2.14. The molecule has 0 aromatic heterocycles. The van der Waals surface area contributed by atoms with Crippen LogP contribution in [0.4, 0.5) is 0 Å². The van der Waals surface area contributed by atoms with Crippen LogP contribution in [-0.4, -0.2) is 124 Å². The molecule has 0 bridgehead atoms.